The molecule has 0 saturated carbocycles. The molecule has 6 heteroatoms. The molecule has 0 N–H and O–H groups in total. The van der Waals surface area contributed by atoms with Gasteiger partial charge in [0.05, 0.1) is 11.6 Å². The smallest absolute Gasteiger partial charge is 0.106 e. The lowest BCUT2D eigenvalue weighted by Gasteiger charge is -2.26. The Morgan fingerprint density at radius 1 is 1.48 bits per heavy atom. The van der Waals surface area contributed by atoms with Gasteiger partial charge in [0.25, 0.3) is 0 Å². The number of terminal acetylenes is 1. The molecule has 1 unspecified atom stereocenters. The Bertz CT molecular complexity index is 532. The molecule has 0 fully saturated rings. The van der Waals surface area contributed by atoms with Crippen molar-refractivity contribution < 1.29 is 4.79 Å². The quantitative estimate of drug-likeness (QED) is 0.454. The molecule has 1 aromatic heterocycles. The third-order valence-electron chi connectivity index (χ3n) is 2.74. The molecule has 1 rings (SSSR count). The topological polar surface area (TPSA) is 33.2 Å². The Labute approximate surface area is 166 Å². The van der Waals surface area contributed by atoms with Gasteiger partial charge in [-0.2, -0.15) is 11.8 Å². The van der Waals surface area contributed by atoms with Crippen LogP contribution in [0.1, 0.15) is 19.4 Å². The van der Waals surface area contributed by atoms with Crippen LogP contribution in [-0.2, 0) is 4.79 Å². The van der Waals surface area contributed by atoms with Gasteiger partial charge >= 0.3 is 0 Å². The van der Waals surface area contributed by atoms with Crippen molar-refractivity contribution in [1.29, 1.82) is 0 Å². The molecule has 0 spiro atoms. The Kier molecular flexibility index (Phi) is 18.1. The van der Waals surface area contributed by atoms with Crippen LogP contribution in [0.15, 0.2) is 42.7 Å². The van der Waals surface area contributed by atoms with Crippen LogP contribution >= 0.6 is 35.1 Å². The van der Waals surface area contributed by atoms with Crippen molar-refractivity contribution in [2.75, 3.05) is 25.2 Å². The average molecular weight is 399 g/mol. The highest BCUT2D eigenvalue weighted by molar-refractivity contribution is 8.11. The van der Waals surface area contributed by atoms with E-state index in [9.17, 15) is 0 Å². The summed E-state index contributed by atoms with van der Waals surface area (Å²) in [4.78, 5) is 15.2. The number of thioether (sulfide) groups is 2. The number of hydrogen-bond acceptors (Lipinski definition) is 5. The minimum Gasteiger partial charge on any atom is -0.354 e. The van der Waals surface area contributed by atoms with Crippen LogP contribution in [0.5, 0.6) is 0 Å². The molecule has 3 nitrogen and oxygen atoms in total. The molecule has 1 atom stereocenters. The summed E-state index contributed by atoms with van der Waals surface area (Å²) in [6.07, 6.45) is 11.1. The summed E-state index contributed by atoms with van der Waals surface area (Å²) >= 11 is 8.36. The second-order valence-electron chi connectivity index (χ2n) is 4.56. The first-order valence-corrected chi connectivity index (χ1v) is 10.2. The SMILES string of the molecule is C#CCN(CC(C)SC)C(=C)SC(=C)c1cccnc1.C=O.CCCl. The summed E-state index contributed by atoms with van der Waals surface area (Å²) in [5, 5.41) is 1.44. The van der Waals surface area contributed by atoms with Crippen LogP contribution in [0.2, 0.25) is 0 Å². The molecule has 0 aliphatic rings. The van der Waals surface area contributed by atoms with E-state index in [1.807, 2.05) is 37.6 Å². The van der Waals surface area contributed by atoms with Crippen LogP contribution < -0.4 is 0 Å². The Morgan fingerprint density at radius 2 is 2.08 bits per heavy atom. The Morgan fingerprint density at radius 3 is 2.52 bits per heavy atom. The van der Waals surface area contributed by atoms with E-state index in [1.165, 1.54) is 0 Å². The molecule has 0 radical (unpaired) electrons. The number of carbonyl (C=O) groups excluding carboxylic acids is 1. The second-order valence-corrected chi connectivity index (χ2v) is 7.54. The minimum absolute atomic E-state index is 0.507. The molecule has 0 aliphatic carbocycles. The summed E-state index contributed by atoms with van der Waals surface area (Å²) in [7, 11) is 0. The van der Waals surface area contributed by atoms with E-state index in [-0.39, 0.29) is 0 Å². The second kappa shape index (κ2) is 17.5. The normalized spacial score (nSPS) is 10.0. The van der Waals surface area contributed by atoms with Crippen molar-refractivity contribution in [1.82, 2.24) is 9.88 Å². The standard InChI is InChI=1S/C16H20N2S2.C2H5Cl.CH2O/c1-6-10-18(12-13(2)19-5)15(4)20-14(3)16-8-7-9-17-11-16;1-2-3;1-2/h1,7-9,11,13H,3-4,10,12H2,2,5H3;2H2,1H3;1H2. The van der Waals surface area contributed by atoms with Gasteiger partial charge in [0.15, 0.2) is 0 Å². The largest absolute Gasteiger partial charge is 0.354 e. The number of halogens is 1. The summed E-state index contributed by atoms with van der Waals surface area (Å²) in [6.45, 7) is 15.7. The first-order chi connectivity index (χ1) is 12.0. The number of alkyl halides is 1. The molecule has 0 aromatic carbocycles. The average Bonchev–Trinajstić information content (AvgIpc) is 2.64. The highest BCUT2D eigenvalue weighted by atomic mass is 35.5. The van der Waals surface area contributed by atoms with Gasteiger partial charge in [-0.3, -0.25) is 4.98 Å². The maximum Gasteiger partial charge on any atom is 0.106 e. The number of rotatable bonds is 8. The molecule has 0 aliphatic heterocycles. The number of nitrogens with zero attached hydrogens (tertiary/aromatic N) is 2. The van der Waals surface area contributed by atoms with Crippen molar-refractivity contribution in [3.8, 4) is 12.3 Å². The Balaban J connectivity index is 0. The van der Waals surface area contributed by atoms with E-state index in [0.29, 0.717) is 11.8 Å². The molecule has 0 saturated heterocycles. The number of hydrogen-bond donors (Lipinski definition) is 0. The third-order valence-corrected chi connectivity index (χ3v) is 4.67. The number of carbonyl (C=O) groups is 1. The number of aromatic nitrogens is 1. The highest BCUT2D eigenvalue weighted by Crippen LogP contribution is 2.32. The molecule has 138 valence electrons. The molecular formula is C19H27ClN2OS2. The van der Waals surface area contributed by atoms with E-state index in [4.69, 9.17) is 22.8 Å². The first-order valence-electron chi connectivity index (χ1n) is 7.52. The molecule has 0 bridgehead atoms. The molecular weight excluding hydrogens is 372 g/mol. The van der Waals surface area contributed by atoms with Gasteiger partial charge in [-0.05, 0) is 12.3 Å². The van der Waals surface area contributed by atoms with Gasteiger partial charge in [0.1, 0.15) is 6.79 Å². The van der Waals surface area contributed by atoms with Crippen LogP contribution in [0.3, 0.4) is 0 Å². The molecule has 1 aromatic rings. The fraction of sp³-hybridized carbons (Fsp3) is 0.368. The van der Waals surface area contributed by atoms with E-state index in [2.05, 4.69) is 42.1 Å². The van der Waals surface area contributed by atoms with Gasteiger partial charge in [-0.25, -0.2) is 0 Å². The molecule has 1 heterocycles. The predicted molar refractivity (Wildman–Crippen MR) is 117 cm³/mol. The summed E-state index contributed by atoms with van der Waals surface area (Å²) in [6, 6.07) is 3.89. The van der Waals surface area contributed by atoms with Crippen LogP contribution in [0.25, 0.3) is 4.91 Å². The maximum absolute atomic E-state index is 8.00. The van der Waals surface area contributed by atoms with Crippen molar-refractivity contribution in [3.63, 3.8) is 0 Å². The Hall–Kier alpha value is -1.35. The van der Waals surface area contributed by atoms with E-state index in [1.54, 1.807) is 24.2 Å². The lowest BCUT2D eigenvalue weighted by atomic mass is 10.3. The highest BCUT2D eigenvalue weighted by Gasteiger charge is 2.13. The third kappa shape index (κ3) is 12.6. The first kappa shape index (κ1) is 25.9. The minimum atomic E-state index is 0.507. The van der Waals surface area contributed by atoms with Crippen molar-refractivity contribution in [2.24, 2.45) is 0 Å². The zero-order valence-electron chi connectivity index (χ0n) is 15.2. The van der Waals surface area contributed by atoms with Gasteiger partial charge in [0, 0.05) is 40.5 Å². The van der Waals surface area contributed by atoms with Crippen LogP contribution in [-0.4, -0.2) is 47.1 Å². The van der Waals surface area contributed by atoms with Crippen LogP contribution in [0, 0.1) is 12.3 Å². The molecule has 25 heavy (non-hydrogen) atoms. The summed E-state index contributed by atoms with van der Waals surface area (Å²) in [5.74, 6) is 3.41. The van der Waals surface area contributed by atoms with E-state index >= 15 is 0 Å². The predicted octanol–water partition coefficient (Wildman–Crippen LogP) is 5.00. The van der Waals surface area contributed by atoms with E-state index < -0.39 is 0 Å². The fourth-order valence-electron chi connectivity index (χ4n) is 1.54. The van der Waals surface area contributed by atoms with Crippen molar-refractivity contribution in [2.45, 2.75) is 19.1 Å². The van der Waals surface area contributed by atoms with Gasteiger partial charge in [-0.15, -0.1) is 18.0 Å². The van der Waals surface area contributed by atoms with Crippen molar-refractivity contribution >= 4 is 46.8 Å². The van der Waals surface area contributed by atoms with Gasteiger partial charge < -0.3 is 9.69 Å². The maximum atomic E-state index is 8.00. The fourth-order valence-corrected chi connectivity index (χ4v) is 2.66. The lowest BCUT2D eigenvalue weighted by Crippen LogP contribution is -2.28. The zero-order valence-corrected chi connectivity index (χ0v) is 17.6. The monoisotopic (exact) mass is 398 g/mol. The van der Waals surface area contributed by atoms with Gasteiger partial charge in [0.2, 0.25) is 0 Å². The zero-order chi connectivity index (χ0) is 19.7. The van der Waals surface area contributed by atoms with Crippen molar-refractivity contribution in [3.05, 3.63) is 48.3 Å². The lowest BCUT2D eigenvalue weighted by molar-refractivity contribution is -0.0979. The number of pyridine rings is 1. The summed E-state index contributed by atoms with van der Waals surface area (Å²) < 4.78 is 0. The van der Waals surface area contributed by atoms with E-state index in [0.717, 1.165) is 27.9 Å². The summed E-state index contributed by atoms with van der Waals surface area (Å²) in [5.41, 5.74) is 1.01. The molecule has 0 amide bonds. The van der Waals surface area contributed by atoms with Gasteiger partial charge in [-0.1, -0.05) is 50.8 Å². The van der Waals surface area contributed by atoms with Crippen LogP contribution in [0.4, 0.5) is 0 Å².